The topological polar surface area (TPSA) is 60.7 Å². The number of phenolic OH excluding ortho intramolecular Hbond substituents is 3. The van der Waals surface area contributed by atoms with E-state index in [-0.39, 0.29) is 22.7 Å². The van der Waals surface area contributed by atoms with Gasteiger partial charge in [-0.15, -0.1) is 12.6 Å². The first kappa shape index (κ1) is 22.8. The Morgan fingerprint density at radius 3 is 1.33 bits per heavy atom. The predicted molar refractivity (Wildman–Crippen MR) is 136 cm³/mol. The van der Waals surface area contributed by atoms with E-state index in [1.54, 1.807) is 30.3 Å². The van der Waals surface area contributed by atoms with Crippen LogP contribution >= 0.6 is 12.6 Å². The van der Waals surface area contributed by atoms with E-state index in [2.05, 4.69) is 57.7 Å². The van der Waals surface area contributed by atoms with Gasteiger partial charge in [0.15, 0.2) is 0 Å². The summed E-state index contributed by atoms with van der Waals surface area (Å²) in [5.41, 5.74) is 4.60. The maximum atomic E-state index is 10.0. The minimum atomic E-state index is -0.528. The third-order valence-electron chi connectivity index (χ3n) is 6.77. The molecule has 0 radical (unpaired) electrons. The van der Waals surface area contributed by atoms with E-state index in [0.29, 0.717) is 4.90 Å². The summed E-state index contributed by atoms with van der Waals surface area (Å²) < 4.78 is 0. The van der Waals surface area contributed by atoms with Gasteiger partial charge in [-0.1, -0.05) is 68.4 Å². The lowest BCUT2D eigenvalue weighted by atomic mass is 9.70. The molecule has 0 fully saturated rings. The van der Waals surface area contributed by atoms with Gasteiger partial charge in [-0.2, -0.15) is 0 Å². The molecule has 4 aromatic rings. The lowest BCUT2D eigenvalue weighted by Gasteiger charge is -2.33. The first-order valence-electron chi connectivity index (χ1n) is 10.8. The molecule has 3 N–H and O–H groups in total. The minimum absolute atomic E-state index is 0.140. The fourth-order valence-electron chi connectivity index (χ4n) is 4.39. The molecule has 0 bridgehead atoms. The van der Waals surface area contributed by atoms with Crippen molar-refractivity contribution in [3.05, 3.63) is 119 Å². The second-order valence-electron chi connectivity index (χ2n) is 9.12. The molecule has 33 heavy (non-hydrogen) atoms. The minimum Gasteiger partial charge on any atom is -0.508 e. The Kier molecular flexibility index (Phi) is 5.89. The lowest BCUT2D eigenvalue weighted by molar-refractivity contribution is 0.461. The molecular formula is C29H28O3S. The SMILES string of the molecule is CC(C)(c1ccc(O)cc1)c1ccc(C(C)(c2ccc(O)cc2)c2ccc(O)c(S)c2)cc1. The summed E-state index contributed by atoms with van der Waals surface area (Å²) >= 11 is 4.43. The number of hydrogen-bond acceptors (Lipinski definition) is 4. The molecule has 168 valence electrons. The van der Waals surface area contributed by atoms with Crippen molar-refractivity contribution in [3.63, 3.8) is 0 Å². The Labute approximate surface area is 200 Å². The smallest absolute Gasteiger partial charge is 0.128 e. The van der Waals surface area contributed by atoms with Crippen LogP contribution in [-0.2, 0) is 10.8 Å². The Morgan fingerprint density at radius 2 is 0.879 bits per heavy atom. The molecule has 4 aromatic carbocycles. The van der Waals surface area contributed by atoms with Gasteiger partial charge in [0.2, 0.25) is 0 Å². The maximum absolute atomic E-state index is 10.0. The van der Waals surface area contributed by atoms with Crippen LogP contribution in [0, 0.1) is 0 Å². The van der Waals surface area contributed by atoms with Crippen LogP contribution in [0.15, 0.2) is 95.9 Å². The average molecular weight is 457 g/mol. The summed E-state index contributed by atoms with van der Waals surface area (Å²) in [4.78, 5) is 0.516. The van der Waals surface area contributed by atoms with Crippen molar-refractivity contribution in [2.45, 2.75) is 36.5 Å². The van der Waals surface area contributed by atoms with E-state index in [1.165, 1.54) is 0 Å². The highest BCUT2D eigenvalue weighted by molar-refractivity contribution is 7.80. The van der Waals surface area contributed by atoms with E-state index < -0.39 is 5.41 Å². The lowest BCUT2D eigenvalue weighted by Crippen LogP contribution is -2.26. The molecule has 0 aromatic heterocycles. The van der Waals surface area contributed by atoms with E-state index >= 15 is 0 Å². The predicted octanol–water partition coefficient (Wildman–Crippen LogP) is 6.77. The standard InChI is InChI=1S/C29H28O3S/c1-28(2,20-8-13-24(30)14-9-20)19-4-6-21(7-5-19)29(3,22-10-15-25(31)16-11-22)23-12-17-26(32)27(33)18-23/h4-18,30-33H,1-3H3. The highest BCUT2D eigenvalue weighted by atomic mass is 32.1. The first-order valence-corrected chi connectivity index (χ1v) is 11.3. The van der Waals surface area contributed by atoms with Crippen LogP contribution in [0.25, 0.3) is 0 Å². The molecule has 0 amide bonds. The van der Waals surface area contributed by atoms with Crippen LogP contribution < -0.4 is 0 Å². The number of rotatable bonds is 5. The second kappa shape index (κ2) is 8.53. The highest BCUT2D eigenvalue weighted by Crippen LogP contribution is 2.42. The van der Waals surface area contributed by atoms with Crippen molar-refractivity contribution in [2.75, 3.05) is 0 Å². The molecule has 1 unspecified atom stereocenters. The highest BCUT2D eigenvalue weighted by Gasteiger charge is 2.32. The van der Waals surface area contributed by atoms with E-state index in [0.717, 1.165) is 27.8 Å². The summed E-state index contributed by atoms with van der Waals surface area (Å²) in [5.74, 6) is 0.612. The molecule has 4 heteroatoms. The van der Waals surface area contributed by atoms with Crippen LogP contribution in [0.5, 0.6) is 17.2 Å². The van der Waals surface area contributed by atoms with Crippen LogP contribution in [0.1, 0.15) is 48.6 Å². The normalized spacial score (nSPS) is 13.5. The molecule has 4 rings (SSSR count). The van der Waals surface area contributed by atoms with Crippen LogP contribution in [0.4, 0.5) is 0 Å². The number of aromatic hydroxyl groups is 3. The summed E-state index contributed by atoms with van der Waals surface area (Å²) in [6.07, 6.45) is 0. The van der Waals surface area contributed by atoms with Crippen LogP contribution in [0.3, 0.4) is 0 Å². The monoisotopic (exact) mass is 456 g/mol. The molecule has 0 aliphatic carbocycles. The van der Waals surface area contributed by atoms with Gasteiger partial charge in [0.1, 0.15) is 17.2 Å². The Bertz CT molecular complexity index is 1260. The van der Waals surface area contributed by atoms with Gasteiger partial charge in [-0.25, -0.2) is 0 Å². The zero-order valence-corrected chi connectivity index (χ0v) is 19.8. The van der Waals surface area contributed by atoms with Gasteiger partial charge in [0.25, 0.3) is 0 Å². The molecule has 0 heterocycles. The van der Waals surface area contributed by atoms with Crippen molar-refractivity contribution >= 4 is 12.6 Å². The van der Waals surface area contributed by atoms with Crippen molar-refractivity contribution in [1.29, 1.82) is 0 Å². The third kappa shape index (κ3) is 4.19. The number of benzene rings is 4. The summed E-state index contributed by atoms with van der Waals surface area (Å²) in [5, 5.41) is 29.5. The van der Waals surface area contributed by atoms with Crippen LogP contribution in [-0.4, -0.2) is 15.3 Å². The first-order chi connectivity index (χ1) is 15.6. The quantitative estimate of drug-likeness (QED) is 0.198. The van der Waals surface area contributed by atoms with Gasteiger partial charge in [0, 0.05) is 15.7 Å². The van der Waals surface area contributed by atoms with Crippen molar-refractivity contribution < 1.29 is 15.3 Å². The Hall–Kier alpha value is -3.37. The summed E-state index contributed by atoms with van der Waals surface area (Å²) in [7, 11) is 0. The molecule has 0 aliphatic rings. The molecule has 0 aliphatic heterocycles. The Balaban J connectivity index is 1.82. The van der Waals surface area contributed by atoms with Gasteiger partial charge in [-0.05, 0) is 71.1 Å². The molecule has 3 nitrogen and oxygen atoms in total. The summed E-state index contributed by atoms with van der Waals surface area (Å²) in [6.45, 7) is 6.47. The van der Waals surface area contributed by atoms with Crippen molar-refractivity contribution in [1.82, 2.24) is 0 Å². The van der Waals surface area contributed by atoms with E-state index in [4.69, 9.17) is 0 Å². The largest absolute Gasteiger partial charge is 0.508 e. The zero-order valence-electron chi connectivity index (χ0n) is 18.9. The number of phenols is 3. The van der Waals surface area contributed by atoms with Crippen LogP contribution in [0.2, 0.25) is 0 Å². The molecule has 0 saturated carbocycles. The second-order valence-corrected chi connectivity index (χ2v) is 9.61. The number of hydrogen-bond donors (Lipinski definition) is 4. The van der Waals surface area contributed by atoms with E-state index in [9.17, 15) is 15.3 Å². The average Bonchev–Trinajstić information content (AvgIpc) is 2.81. The van der Waals surface area contributed by atoms with Gasteiger partial charge < -0.3 is 15.3 Å². The fraction of sp³-hybridized carbons (Fsp3) is 0.172. The van der Waals surface area contributed by atoms with E-state index in [1.807, 2.05) is 36.4 Å². The van der Waals surface area contributed by atoms with Gasteiger partial charge in [0.05, 0.1) is 0 Å². The van der Waals surface area contributed by atoms with Gasteiger partial charge in [-0.3, -0.25) is 0 Å². The fourth-order valence-corrected chi connectivity index (χ4v) is 4.61. The van der Waals surface area contributed by atoms with Gasteiger partial charge >= 0.3 is 0 Å². The molecule has 0 saturated heterocycles. The maximum Gasteiger partial charge on any atom is 0.128 e. The molecule has 0 spiro atoms. The molecule has 1 atom stereocenters. The van der Waals surface area contributed by atoms with Crippen molar-refractivity contribution in [3.8, 4) is 17.2 Å². The Morgan fingerprint density at radius 1 is 0.515 bits per heavy atom. The van der Waals surface area contributed by atoms with Crippen molar-refractivity contribution in [2.24, 2.45) is 0 Å². The third-order valence-corrected chi connectivity index (χ3v) is 7.13. The number of thiol groups is 1. The summed E-state index contributed by atoms with van der Waals surface area (Å²) in [6, 6.07) is 28.6. The molecular weight excluding hydrogens is 428 g/mol. The zero-order chi connectivity index (χ0) is 23.8.